The second kappa shape index (κ2) is 8.12. The molecule has 1 heterocycles. The highest BCUT2D eigenvalue weighted by atomic mass is 32.2. The zero-order chi connectivity index (χ0) is 16.8. The number of imidazole rings is 1. The summed E-state index contributed by atoms with van der Waals surface area (Å²) in [6, 6.07) is 5.88. The number of halogens is 1. The molecule has 23 heavy (non-hydrogen) atoms. The minimum Gasteiger partial charge on any atom is -0.396 e. The molecule has 5 nitrogen and oxygen atoms in total. The summed E-state index contributed by atoms with van der Waals surface area (Å²) in [4.78, 5) is 16.7. The normalized spacial score (nSPS) is 12.2. The zero-order valence-electron chi connectivity index (χ0n) is 13.1. The van der Waals surface area contributed by atoms with Crippen molar-refractivity contribution in [1.82, 2.24) is 14.9 Å². The van der Waals surface area contributed by atoms with E-state index in [9.17, 15) is 9.18 Å². The summed E-state index contributed by atoms with van der Waals surface area (Å²) < 4.78 is 14.8. The molecule has 1 aromatic carbocycles. The molecule has 1 amide bonds. The van der Waals surface area contributed by atoms with Crippen molar-refractivity contribution in [3.05, 3.63) is 42.0 Å². The molecule has 1 unspecified atom stereocenters. The van der Waals surface area contributed by atoms with E-state index in [1.165, 1.54) is 30.1 Å². The lowest BCUT2D eigenvalue weighted by Gasteiger charge is -2.15. The predicted octanol–water partition coefficient (Wildman–Crippen LogP) is 2.62. The summed E-state index contributed by atoms with van der Waals surface area (Å²) in [7, 11) is 0. The molecule has 0 aliphatic rings. The van der Waals surface area contributed by atoms with Gasteiger partial charge in [0.05, 0.1) is 6.20 Å². The van der Waals surface area contributed by atoms with Crippen LogP contribution in [0.2, 0.25) is 0 Å². The van der Waals surface area contributed by atoms with Crippen molar-refractivity contribution in [1.29, 1.82) is 0 Å². The first-order valence-electron chi connectivity index (χ1n) is 7.36. The van der Waals surface area contributed by atoms with Crippen LogP contribution in [-0.4, -0.2) is 39.5 Å². The number of aliphatic hydroxyl groups is 1. The number of carbonyl (C=O) groups excluding carboxylic acids is 1. The molecule has 0 saturated carbocycles. The van der Waals surface area contributed by atoms with Crippen LogP contribution in [0.4, 0.5) is 4.39 Å². The number of nitrogens with one attached hydrogen (secondary N) is 1. The van der Waals surface area contributed by atoms with E-state index < -0.39 is 0 Å². The molecule has 2 aromatic rings. The Balaban J connectivity index is 2.27. The zero-order valence-corrected chi connectivity index (χ0v) is 13.9. The fourth-order valence-corrected chi connectivity index (χ4v) is 2.79. The van der Waals surface area contributed by atoms with Crippen LogP contribution < -0.4 is 5.32 Å². The maximum absolute atomic E-state index is 13.1. The smallest absolute Gasteiger partial charge is 0.270 e. The van der Waals surface area contributed by atoms with Gasteiger partial charge in [-0.1, -0.05) is 11.8 Å². The first-order chi connectivity index (χ1) is 11.1. The maximum atomic E-state index is 13.1. The van der Waals surface area contributed by atoms with Crippen molar-refractivity contribution >= 4 is 17.7 Å². The Kier molecular flexibility index (Phi) is 6.18. The average Bonchev–Trinajstić information content (AvgIpc) is 2.97. The molecule has 0 bridgehead atoms. The van der Waals surface area contributed by atoms with Crippen molar-refractivity contribution in [3.8, 4) is 5.69 Å². The van der Waals surface area contributed by atoms with Crippen molar-refractivity contribution in [2.45, 2.75) is 31.0 Å². The Morgan fingerprint density at radius 3 is 2.74 bits per heavy atom. The van der Waals surface area contributed by atoms with E-state index in [2.05, 4.69) is 10.3 Å². The molecule has 0 radical (unpaired) electrons. The summed E-state index contributed by atoms with van der Waals surface area (Å²) in [6.45, 7) is 1.99. The fourth-order valence-electron chi connectivity index (χ4n) is 2.25. The number of rotatable bonds is 7. The highest BCUT2D eigenvalue weighted by Gasteiger charge is 2.19. The summed E-state index contributed by atoms with van der Waals surface area (Å²) in [6.07, 6.45) is 4.72. The van der Waals surface area contributed by atoms with Gasteiger partial charge in [-0.3, -0.25) is 9.36 Å². The molecular weight excluding hydrogens is 317 g/mol. The predicted molar refractivity (Wildman–Crippen MR) is 88.6 cm³/mol. The number of aliphatic hydroxyl groups excluding tert-OH is 1. The van der Waals surface area contributed by atoms with E-state index in [-0.39, 0.29) is 24.4 Å². The van der Waals surface area contributed by atoms with E-state index >= 15 is 0 Å². The second-order valence-corrected chi connectivity index (χ2v) is 5.96. The lowest BCUT2D eigenvalue weighted by Crippen LogP contribution is -2.33. The number of hydrogen-bond donors (Lipinski definition) is 2. The molecular formula is C16H20FN3O2S. The highest BCUT2D eigenvalue weighted by molar-refractivity contribution is 7.98. The molecule has 1 aromatic heterocycles. The minimum absolute atomic E-state index is 0.0519. The molecule has 2 N–H and O–H groups in total. The Hall–Kier alpha value is -1.86. The molecule has 0 fully saturated rings. The van der Waals surface area contributed by atoms with Gasteiger partial charge in [-0.2, -0.15) is 0 Å². The molecule has 0 aliphatic heterocycles. The van der Waals surface area contributed by atoms with Crippen molar-refractivity contribution in [3.63, 3.8) is 0 Å². The second-order valence-electron chi connectivity index (χ2n) is 5.18. The van der Waals surface area contributed by atoms with Gasteiger partial charge in [0, 0.05) is 18.3 Å². The third kappa shape index (κ3) is 4.33. The quantitative estimate of drug-likeness (QED) is 0.762. The van der Waals surface area contributed by atoms with E-state index in [0.717, 1.165) is 0 Å². The number of hydrogen-bond acceptors (Lipinski definition) is 4. The lowest BCUT2D eigenvalue weighted by atomic mass is 10.2. The molecule has 2 rings (SSSR count). The van der Waals surface area contributed by atoms with Gasteiger partial charge in [0.15, 0.2) is 5.16 Å². The fraction of sp³-hybridized carbons (Fsp3) is 0.375. The molecule has 7 heteroatoms. The van der Waals surface area contributed by atoms with E-state index in [0.29, 0.717) is 29.4 Å². The number of thioether (sulfide) groups is 1. The van der Waals surface area contributed by atoms with Gasteiger partial charge in [-0.25, -0.2) is 9.37 Å². The number of carbonyl (C=O) groups is 1. The summed E-state index contributed by atoms with van der Waals surface area (Å²) in [5.74, 6) is -0.573. The SMILES string of the molecule is CSc1ncc(C(=O)NC(C)CCCO)n1-c1ccc(F)cc1. The summed E-state index contributed by atoms with van der Waals surface area (Å²) in [5, 5.41) is 12.4. The molecule has 1 atom stereocenters. The highest BCUT2D eigenvalue weighted by Crippen LogP contribution is 2.22. The van der Waals surface area contributed by atoms with Crippen LogP contribution in [0.3, 0.4) is 0 Å². The van der Waals surface area contributed by atoms with Gasteiger partial charge in [0.25, 0.3) is 5.91 Å². The topological polar surface area (TPSA) is 67.2 Å². The number of nitrogens with zero attached hydrogens (tertiary/aromatic N) is 2. The van der Waals surface area contributed by atoms with Crippen LogP contribution >= 0.6 is 11.8 Å². The van der Waals surface area contributed by atoms with Crippen LogP contribution in [0.5, 0.6) is 0 Å². The molecule has 124 valence electrons. The number of amides is 1. The Labute approximate surface area is 138 Å². The van der Waals surface area contributed by atoms with Crippen LogP contribution in [0.1, 0.15) is 30.3 Å². The Morgan fingerprint density at radius 2 is 2.13 bits per heavy atom. The maximum Gasteiger partial charge on any atom is 0.270 e. The third-order valence-electron chi connectivity index (χ3n) is 3.40. The molecule has 0 aliphatic carbocycles. The van der Waals surface area contributed by atoms with Gasteiger partial charge in [-0.05, 0) is 50.3 Å². The van der Waals surface area contributed by atoms with Gasteiger partial charge in [0.2, 0.25) is 0 Å². The first-order valence-corrected chi connectivity index (χ1v) is 8.58. The van der Waals surface area contributed by atoms with E-state index in [1.807, 2.05) is 13.2 Å². The minimum atomic E-state index is -0.330. The third-order valence-corrected chi connectivity index (χ3v) is 4.06. The van der Waals surface area contributed by atoms with E-state index in [1.54, 1.807) is 16.7 Å². The first kappa shape index (κ1) is 17.5. The van der Waals surface area contributed by atoms with Crippen LogP contribution in [-0.2, 0) is 0 Å². The van der Waals surface area contributed by atoms with E-state index in [4.69, 9.17) is 5.11 Å². The van der Waals surface area contributed by atoms with Crippen molar-refractivity contribution in [2.24, 2.45) is 0 Å². The summed E-state index contributed by atoms with van der Waals surface area (Å²) in [5.41, 5.74) is 1.08. The van der Waals surface area contributed by atoms with Crippen LogP contribution in [0, 0.1) is 5.82 Å². The van der Waals surface area contributed by atoms with Crippen LogP contribution in [0.15, 0.2) is 35.6 Å². The monoisotopic (exact) mass is 337 g/mol. The summed E-state index contributed by atoms with van der Waals surface area (Å²) >= 11 is 1.41. The Morgan fingerprint density at radius 1 is 1.43 bits per heavy atom. The van der Waals surface area contributed by atoms with Gasteiger partial charge in [0.1, 0.15) is 11.5 Å². The largest absolute Gasteiger partial charge is 0.396 e. The van der Waals surface area contributed by atoms with Gasteiger partial charge in [-0.15, -0.1) is 0 Å². The Bertz CT molecular complexity index is 658. The average molecular weight is 337 g/mol. The van der Waals surface area contributed by atoms with Crippen molar-refractivity contribution < 1.29 is 14.3 Å². The van der Waals surface area contributed by atoms with Crippen molar-refractivity contribution in [2.75, 3.05) is 12.9 Å². The van der Waals surface area contributed by atoms with Gasteiger partial charge >= 0.3 is 0 Å². The number of aromatic nitrogens is 2. The molecule has 0 spiro atoms. The number of benzene rings is 1. The van der Waals surface area contributed by atoms with Gasteiger partial charge < -0.3 is 10.4 Å². The lowest BCUT2D eigenvalue weighted by molar-refractivity contribution is 0.0929. The van der Waals surface area contributed by atoms with Crippen LogP contribution in [0.25, 0.3) is 5.69 Å². The molecule has 0 saturated heterocycles. The standard InChI is InChI=1S/C16H20FN3O2S/c1-11(4-3-9-21)19-15(22)14-10-18-16(23-2)20(14)13-7-5-12(17)6-8-13/h5-8,10-11,21H,3-4,9H2,1-2H3,(H,19,22).